The molecule has 0 unspecified atom stereocenters. The first kappa shape index (κ1) is 14.2. The molecule has 0 atom stereocenters. The average molecular weight is 289 g/mol. The van der Waals surface area contributed by atoms with Crippen LogP contribution in [0.3, 0.4) is 0 Å². The second-order valence-corrected chi connectivity index (χ2v) is 5.66. The lowest BCUT2D eigenvalue weighted by molar-refractivity contribution is 0.123. The topological polar surface area (TPSA) is 44.8 Å². The van der Waals surface area contributed by atoms with E-state index in [4.69, 9.17) is 4.74 Å². The molecule has 0 spiro atoms. The minimum Gasteiger partial charge on any atom is -0.492 e. The second-order valence-electron chi connectivity index (χ2n) is 5.66. The van der Waals surface area contributed by atoms with Crippen LogP contribution < -0.4 is 10.1 Å². The van der Waals surface area contributed by atoms with Crippen LogP contribution >= 0.6 is 0 Å². The predicted molar refractivity (Wildman–Crippen MR) is 81.5 cm³/mol. The maximum Gasteiger partial charge on any atom is 0.317 e. The van der Waals surface area contributed by atoms with E-state index in [-0.39, 0.29) is 6.03 Å². The largest absolute Gasteiger partial charge is 0.492 e. The highest BCUT2D eigenvalue weighted by Crippen LogP contribution is 2.18. The van der Waals surface area contributed by atoms with Gasteiger partial charge in [0, 0.05) is 38.8 Å². The Morgan fingerprint density at radius 3 is 2.57 bits per heavy atom. The molecule has 2 saturated heterocycles. The van der Waals surface area contributed by atoms with Crippen molar-refractivity contribution in [2.75, 3.05) is 39.3 Å². The highest BCUT2D eigenvalue weighted by Gasteiger charge is 2.30. The molecule has 2 fully saturated rings. The molecule has 2 heterocycles. The Balaban J connectivity index is 1.37. The van der Waals surface area contributed by atoms with Crippen LogP contribution in [0.15, 0.2) is 30.3 Å². The van der Waals surface area contributed by atoms with Crippen molar-refractivity contribution >= 4 is 6.03 Å². The number of carbonyl (C=O) groups is 1. The molecule has 0 bridgehead atoms. The first-order valence-electron chi connectivity index (χ1n) is 7.77. The Kier molecular flexibility index (Phi) is 4.60. The molecule has 114 valence electrons. The fourth-order valence-electron chi connectivity index (χ4n) is 3.10. The summed E-state index contributed by atoms with van der Waals surface area (Å²) < 4.78 is 5.74. The van der Waals surface area contributed by atoms with Gasteiger partial charge in [0.25, 0.3) is 0 Å². The zero-order chi connectivity index (χ0) is 14.5. The minimum atomic E-state index is 0.112. The molecule has 1 N–H and O–H groups in total. The van der Waals surface area contributed by atoms with E-state index >= 15 is 0 Å². The van der Waals surface area contributed by atoms with Crippen molar-refractivity contribution in [3.8, 4) is 5.75 Å². The zero-order valence-electron chi connectivity index (χ0n) is 12.3. The molecule has 0 radical (unpaired) electrons. The van der Waals surface area contributed by atoms with Gasteiger partial charge in [-0.05, 0) is 25.0 Å². The molecule has 1 aromatic carbocycles. The van der Waals surface area contributed by atoms with E-state index in [9.17, 15) is 4.79 Å². The van der Waals surface area contributed by atoms with Crippen LogP contribution in [0.4, 0.5) is 4.79 Å². The SMILES string of the molecule is O=C1NCCN1C1CCN(CCOc2ccccc2)CC1. The van der Waals surface area contributed by atoms with E-state index in [1.807, 2.05) is 35.2 Å². The summed E-state index contributed by atoms with van der Waals surface area (Å²) in [5.74, 6) is 0.932. The van der Waals surface area contributed by atoms with Crippen molar-refractivity contribution < 1.29 is 9.53 Å². The number of benzene rings is 1. The molecule has 3 rings (SSSR count). The number of rotatable bonds is 5. The Bertz CT molecular complexity index is 458. The van der Waals surface area contributed by atoms with Gasteiger partial charge in [-0.15, -0.1) is 0 Å². The Hall–Kier alpha value is -1.75. The summed E-state index contributed by atoms with van der Waals surface area (Å²) in [5, 5.41) is 2.88. The molecule has 1 aromatic rings. The Labute approximate surface area is 125 Å². The van der Waals surface area contributed by atoms with Crippen LogP contribution in [-0.2, 0) is 0 Å². The highest BCUT2D eigenvalue weighted by atomic mass is 16.5. The van der Waals surface area contributed by atoms with E-state index in [1.54, 1.807) is 0 Å². The third-order valence-corrected chi connectivity index (χ3v) is 4.31. The summed E-state index contributed by atoms with van der Waals surface area (Å²) in [5.41, 5.74) is 0. The van der Waals surface area contributed by atoms with Crippen LogP contribution in [0.25, 0.3) is 0 Å². The van der Waals surface area contributed by atoms with Crippen molar-refractivity contribution in [3.63, 3.8) is 0 Å². The van der Waals surface area contributed by atoms with Crippen molar-refractivity contribution in [1.82, 2.24) is 15.1 Å². The van der Waals surface area contributed by atoms with Gasteiger partial charge in [-0.2, -0.15) is 0 Å². The van der Waals surface area contributed by atoms with Crippen LogP contribution in [0.5, 0.6) is 5.75 Å². The van der Waals surface area contributed by atoms with Crippen molar-refractivity contribution in [1.29, 1.82) is 0 Å². The number of likely N-dealkylation sites (tertiary alicyclic amines) is 1. The number of hydrogen-bond acceptors (Lipinski definition) is 3. The van der Waals surface area contributed by atoms with Gasteiger partial charge >= 0.3 is 6.03 Å². The predicted octanol–water partition coefficient (Wildman–Crippen LogP) is 1.55. The van der Waals surface area contributed by atoms with Crippen LogP contribution in [-0.4, -0.2) is 61.2 Å². The van der Waals surface area contributed by atoms with Crippen molar-refractivity contribution in [2.45, 2.75) is 18.9 Å². The highest BCUT2D eigenvalue weighted by molar-refractivity contribution is 5.76. The summed E-state index contributed by atoms with van der Waals surface area (Å²) in [7, 11) is 0. The number of para-hydroxylation sites is 1. The number of nitrogens with zero attached hydrogens (tertiary/aromatic N) is 2. The number of nitrogens with one attached hydrogen (secondary N) is 1. The summed E-state index contributed by atoms with van der Waals surface area (Å²) >= 11 is 0. The lowest BCUT2D eigenvalue weighted by Crippen LogP contribution is -2.46. The van der Waals surface area contributed by atoms with E-state index in [0.717, 1.165) is 57.9 Å². The van der Waals surface area contributed by atoms with E-state index < -0.39 is 0 Å². The van der Waals surface area contributed by atoms with Gasteiger partial charge in [-0.25, -0.2) is 4.79 Å². The van der Waals surface area contributed by atoms with Crippen LogP contribution in [0.1, 0.15) is 12.8 Å². The number of ether oxygens (including phenoxy) is 1. The number of hydrogen-bond donors (Lipinski definition) is 1. The lowest BCUT2D eigenvalue weighted by Gasteiger charge is -2.36. The van der Waals surface area contributed by atoms with Gasteiger partial charge in [0.05, 0.1) is 0 Å². The zero-order valence-corrected chi connectivity index (χ0v) is 12.3. The Morgan fingerprint density at radius 2 is 1.90 bits per heavy atom. The molecule has 0 aliphatic carbocycles. The monoisotopic (exact) mass is 289 g/mol. The summed E-state index contributed by atoms with van der Waals surface area (Å²) in [6.07, 6.45) is 2.14. The van der Waals surface area contributed by atoms with Gasteiger partial charge in [0.1, 0.15) is 12.4 Å². The van der Waals surface area contributed by atoms with Crippen LogP contribution in [0, 0.1) is 0 Å². The first-order chi connectivity index (χ1) is 10.3. The molecule has 5 nitrogen and oxygen atoms in total. The van der Waals surface area contributed by atoms with Crippen molar-refractivity contribution in [3.05, 3.63) is 30.3 Å². The first-order valence-corrected chi connectivity index (χ1v) is 7.77. The van der Waals surface area contributed by atoms with Gasteiger partial charge in [0.15, 0.2) is 0 Å². The van der Waals surface area contributed by atoms with Gasteiger partial charge in [-0.3, -0.25) is 4.90 Å². The number of urea groups is 1. The molecular weight excluding hydrogens is 266 g/mol. The molecule has 0 aromatic heterocycles. The molecule has 21 heavy (non-hydrogen) atoms. The van der Waals surface area contributed by atoms with Crippen LogP contribution in [0.2, 0.25) is 0 Å². The lowest BCUT2D eigenvalue weighted by atomic mass is 10.0. The standard InChI is InChI=1S/C16H23N3O2/c20-16-17-8-11-19(16)14-6-9-18(10-7-14)12-13-21-15-4-2-1-3-5-15/h1-5,14H,6-13H2,(H,17,20). The molecule has 2 aliphatic heterocycles. The maximum absolute atomic E-state index is 11.7. The Morgan fingerprint density at radius 1 is 1.14 bits per heavy atom. The third kappa shape index (κ3) is 3.67. The number of amides is 2. The normalized spacial score (nSPS) is 20.6. The molecule has 2 aliphatic rings. The van der Waals surface area contributed by atoms with E-state index in [2.05, 4.69) is 10.2 Å². The minimum absolute atomic E-state index is 0.112. The summed E-state index contributed by atoms with van der Waals surface area (Å²) in [6, 6.07) is 10.5. The molecule has 2 amide bonds. The smallest absolute Gasteiger partial charge is 0.317 e. The quantitative estimate of drug-likeness (QED) is 0.894. The van der Waals surface area contributed by atoms with E-state index in [0.29, 0.717) is 6.04 Å². The van der Waals surface area contributed by atoms with Gasteiger partial charge in [0.2, 0.25) is 0 Å². The third-order valence-electron chi connectivity index (χ3n) is 4.31. The second kappa shape index (κ2) is 6.80. The van der Waals surface area contributed by atoms with Crippen molar-refractivity contribution in [2.24, 2.45) is 0 Å². The average Bonchev–Trinajstić information content (AvgIpc) is 2.95. The fraction of sp³-hybridized carbons (Fsp3) is 0.562. The maximum atomic E-state index is 11.7. The summed E-state index contributed by atoms with van der Waals surface area (Å²) in [6.45, 7) is 5.43. The molecular formula is C16H23N3O2. The molecule has 0 saturated carbocycles. The number of piperidine rings is 1. The molecule has 5 heteroatoms. The fourth-order valence-corrected chi connectivity index (χ4v) is 3.10. The number of carbonyl (C=O) groups excluding carboxylic acids is 1. The summed E-state index contributed by atoms with van der Waals surface area (Å²) in [4.78, 5) is 16.1. The van der Waals surface area contributed by atoms with Gasteiger partial charge < -0.3 is 15.0 Å². The van der Waals surface area contributed by atoms with Gasteiger partial charge in [-0.1, -0.05) is 18.2 Å². The van der Waals surface area contributed by atoms with E-state index in [1.165, 1.54) is 0 Å².